The van der Waals surface area contributed by atoms with E-state index in [0.29, 0.717) is 25.2 Å². The first-order valence-electron chi connectivity index (χ1n) is 6.97. The van der Waals surface area contributed by atoms with Crippen LogP contribution in [0.15, 0.2) is 0 Å². The summed E-state index contributed by atoms with van der Waals surface area (Å²) >= 11 is 0. The van der Waals surface area contributed by atoms with Crippen molar-refractivity contribution >= 4 is 0 Å². The standard InChI is InChI=1S/C13H23F3N2/c1-10(8-11-2-3-11)17-12-4-6-18(7-5-12)9-13(14,15)16/h10-12,17H,2-9H2,1H3. The SMILES string of the molecule is CC(CC1CC1)NC1CCN(CC(F)(F)F)CC1. The molecule has 1 N–H and O–H groups in total. The monoisotopic (exact) mass is 264 g/mol. The third-order valence-electron chi connectivity index (χ3n) is 3.89. The summed E-state index contributed by atoms with van der Waals surface area (Å²) in [5.74, 6) is 0.901. The second-order valence-corrected chi connectivity index (χ2v) is 5.91. The molecule has 1 heterocycles. The van der Waals surface area contributed by atoms with Crippen LogP contribution >= 0.6 is 0 Å². The van der Waals surface area contributed by atoms with Gasteiger partial charge in [-0.15, -0.1) is 0 Å². The minimum Gasteiger partial charge on any atom is -0.311 e. The van der Waals surface area contributed by atoms with E-state index < -0.39 is 12.7 Å². The third kappa shape index (κ3) is 5.14. The molecule has 2 fully saturated rings. The van der Waals surface area contributed by atoms with E-state index in [1.54, 1.807) is 0 Å². The third-order valence-corrected chi connectivity index (χ3v) is 3.89. The molecule has 0 aromatic heterocycles. The Morgan fingerprint density at radius 3 is 2.28 bits per heavy atom. The summed E-state index contributed by atoms with van der Waals surface area (Å²) in [6, 6.07) is 0.917. The number of piperidine rings is 1. The number of rotatable bonds is 5. The Labute approximate surface area is 107 Å². The van der Waals surface area contributed by atoms with Crippen LogP contribution < -0.4 is 5.32 Å². The molecule has 2 aliphatic rings. The number of likely N-dealkylation sites (tertiary alicyclic amines) is 1. The van der Waals surface area contributed by atoms with Gasteiger partial charge >= 0.3 is 6.18 Å². The van der Waals surface area contributed by atoms with Crippen molar-refractivity contribution in [3.63, 3.8) is 0 Å². The predicted molar refractivity (Wildman–Crippen MR) is 65.5 cm³/mol. The van der Waals surface area contributed by atoms with Gasteiger partial charge in [-0.25, -0.2) is 0 Å². The molecule has 0 amide bonds. The van der Waals surface area contributed by atoms with Crippen LogP contribution in [0.3, 0.4) is 0 Å². The normalized spacial score (nSPS) is 25.3. The molecule has 2 nitrogen and oxygen atoms in total. The van der Waals surface area contributed by atoms with Gasteiger partial charge in [0.2, 0.25) is 0 Å². The lowest BCUT2D eigenvalue weighted by atomic mass is 10.0. The van der Waals surface area contributed by atoms with Crippen molar-refractivity contribution in [2.45, 2.75) is 57.3 Å². The quantitative estimate of drug-likeness (QED) is 0.821. The van der Waals surface area contributed by atoms with Gasteiger partial charge in [0, 0.05) is 12.1 Å². The highest BCUT2D eigenvalue weighted by atomic mass is 19.4. The van der Waals surface area contributed by atoms with Crippen LogP contribution in [0.25, 0.3) is 0 Å². The number of alkyl halides is 3. The molecule has 18 heavy (non-hydrogen) atoms. The fraction of sp³-hybridized carbons (Fsp3) is 1.00. The molecule has 2 rings (SSSR count). The molecule has 1 unspecified atom stereocenters. The minimum atomic E-state index is -4.06. The lowest BCUT2D eigenvalue weighted by Crippen LogP contribution is -2.47. The van der Waals surface area contributed by atoms with Gasteiger partial charge in [-0.3, -0.25) is 4.90 Å². The Bertz CT molecular complexity index is 255. The molecule has 1 atom stereocenters. The zero-order valence-corrected chi connectivity index (χ0v) is 11.0. The van der Waals surface area contributed by atoms with Gasteiger partial charge in [-0.05, 0) is 45.2 Å². The van der Waals surface area contributed by atoms with Gasteiger partial charge in [0.15, 0.2) is 0 Å². The smallest absolute Gasteiger partial charge is 0.311 e. The molecule has 0 spiro atoms. The van der Waals surface area contributed by atoms with Crippen molar-refractivity contribution in [3.8, 4) is 0 Å². The summed E-state index contributed by atoms with van der Waals surface area (Å²) < 4.78 is 36.7. The van der Waals surface area contributed by atoms with E-state index in [-0.39, 0.29) is 0 Å². The highest BCUT2D eigenvalue weighted by Crippen LogP contribution is 2.33. The van der Waals surface area contributed by atoms with Crippen molar-refractivity contribution in [2.75, 3.05) is 19.6 Å². The van der Waals surface area contributed by atoms with Crippen LogP contribution in [0.2, 0.25) is 0 Å². The van der Waals surface area contributed by atoms with E-state index in [4.69, 9.17) is 0 Å². The molecule has 5 heteroatoms. The Morgan fingerprint density at radius 1 is 1.17 bits per heavy atom. The molecule has 1 saturated carbocycles. The lowest BCUT2D eigenvalue weighted by Gasteiger charge is -2.34. The number of hydrogen-bond acceptors (Lipinski definition) is 2. The largest absolute Gasteiger partial charge is 0.401 e. The van der Waals surface area contributed by atoms with Crippen LogP contribution in [0.5, 0.6) is 0 Å². The predicted octanol–water partition coefficient (Wildman–Crippen LogP) is 2.79. The summed E-state index contributed by atoms with van der Waals surface area (Å²) in [6.07, 6.45) is 1.56. The Kier molecular flexibility index (Phi) is 4.54. The van der Waals surface area contributed by atoms with Crippen LogP contribution in [0.1, 0.15) is 39.0 Å². The fourth-order valence-corrected chi connectivity index (χ4v) is 2.84. The first-order chi connectivity index (χ1) is 8.42. The average molecular weight is 264 g/mol. The number of nitrogens with one attached hydrogen (secondary N) is 1. The first kappa shape index (κ1) is 14.1. The summed E-state index contributed by atoms with van der Waals surface area (Å²) in [7, 11) is 0. The highest BCUT2D eigenvalue weighted by Gasteiger charge is 2.33. The minimum absolute atomic E-state index is 0.406. The van der Waals surface area contributed by atoms with Gasteiger partial charge in [0.1, 0.15) is 0 Å². The van der Waals surface area contributed by atoms with Crippen molar-refractivity contribution in [3.05, 3.63) is 0 Å². The van der Waals surface area contributed by atoms with Crippen LogP contribution in [0, 0.1) is 5.92 Å². The molecule has 0 bridgehead atoms. The van der Waals surface area contributed by atoms with Crippen molar-refractivity contribution in [2.24, 2.45) is 5.92 Å². The van der Waals surface area contributed by atoms with E-state index in [2.05, 4.69) is 12.2 Å². The van der Waals surface area contributed by atoms with Crippen molar-refractivity contribution < 1.29 is 13.2 Å². The highest BCUT2D eigenvalue weighted by molar-refractivity contribution is 4.83. The zero-order chi connectivity index (χ0) is 13.2. The van der Waals surface area contributed by atoms with Gasteiger partial charge in [-0.1, -0.05) is 12.8 Å². The van der Waals surface area contributed by atoms with Crippen molar-refractivity contribution in [1.29, 1.82) is 0 Å². The average Bonchev–Trinajstić information content (AvgIpc) is 3.02. The summed E-state index contributed by atoms with van der Waals surface area (Å²) in [5, 5.41) is 3.57. The Hall–Kier alpha value is -0.290. The van der Waals surface area contributed by atoms with E-state index in [9.17, 15) is 13.2 Å². The van der Waals surface area contributed by atoms with Gasteiger partial charge in [0.25, 0.3) is 0 Å². The first-order valence-corrected chi connectivity index (χ1v) is 6.97. The molecule has 1 aliphatic heterocycles. The Balaban J connectivity index is 1.63. The maximum absolute atomic E-state index is 12.2. The van der Waals surface area contributed by atoms with Crippen LogP contribution in [-0.4, -0.2) is 42.8 Å². The molecule has 0 radical (unpaired) electrons. The fourth-order valence-electron chi connectivity index (χ4n) is 2.84. The summed E-state index contributed by atoms with van der Waals surface area (Å²) in [5.41, 5.74) is 0. The molecule has 0 aromatic carbocycles. The van der Waals surface area contributed by atoms with Gasteiger partial charge in [-0.2, -0.15) is 13.2 Å². The maximum Gasteiger partial charge on any atom is 0.401 e. The number of hydrogen-bond donors (Lipinski definition) is 1. The summed E-state index contributed by atoms with van der Waals surface area (Å²) in [6.45, 7) is 2.57. The second-order valence-electron chi connectivity index (χ2n) is 5.91. The van der Waals surface area contributed by atoms with Crippen molar-refractivity contribution in [1.82, 2.24) is 10.2 Å². The zero-order valence-electron chi connectivity index (χ0n) is 11.0. The van der Waals surface area contributed by atoms with Gasteiger partial charge in [0.05, 0.1) is 6.54 Å². The van der Waals surface area contributed by atoms with Crippen LogP contribution in [-0.2, 0) is 0 Å². The summed E-state index contributed by atoms with van der Waals surface area (Å²) in [4.78, 5) is 1.52. The maximum atomic E-state index is 12.2. The molecule has 0 aromatic rings. The van der Waals surface area contributed by atoms with E-state index in [0.717, 1.165) is 18.8 Å². The number of halogens is 3. The molecule has 106 valence electrons. The van der Waals surface area contributed by atoms with E-state index in [1.165, 1.54) is 24.2 Å². The van der Waals surface area contributed by atoms with E-state index in [1.807, 2.05) is 0 Å². The second kappa shape index (κ2) is 5.78. The molecular formula is C13H23F3N2. The van der Waals surface area contributed by atoms with Gasteiger partial charge < -0.3 is 5.32 Å². The Morgan fingerprint density at radius 2 is 1.78 bits per heavy atom. The van der Waals surface area contributed by atoms with Crippen LogP contribution in [0.4, 0.5) is 13.2 Å². The number of nitrogens with zero attached hydrogens (tertiary/aromatic N) is 1. The molecular weight excluding hydrogens is 241 g/mol. The topological polar surface area (TPSA) is 15.3 Å². The molecule has 1 saturated heterocycles. The van der Waals surface area contributed by atoms with E-state index >= 15 is 0 Å². The molecule has 1 aliphatic carbocycles. The lowest BCUT2D eigenvalue weighted by molar-refractivity contribution is -0.148.